The summed E-state index contributed by atoms with van der Waals surface area (Å²) in [6.07, 6.45) is 0. The summed E-state index contributed by atoms with van der Waals surface area (Å²) in [4.78, 5) is 14.2. The van der Waals surface area contributed by atoms with Crippen molar-refractivity contribution in [2.24, 2.45) is 0 Å². The Hall–Kier alpha value is -1.64. The summed E-state index contributed by atoms with van der Waals surface area (Å²) in [5.74, 6) is 0.296. The highest BCUT2D eigenvalue weighted by Gasteiger charge is 2.26. The van der Waals surface area contributed by atoms with Crippen LogP contribution in [-0.4, -0.2) is 75.7 Å². The Kier molecular flexibility index (Phi) is 6.59. The van der Waals surface area contributed by atoms with Crippen LogP contribution in [0.15, 0.2) is 24.3 Å². The molecule has 0 bridgehead atoms. The highest BCUT2D eigenvalue weighted by Crippen LogP contribution is 2.11. The zero-order valence-electron chi connectivity index (χ0n) is 14.2. The lowest BCUT2D eigenvalue weighted by Gasteiger charge is -2.33. The van der Waals surface area contributed by atoms with Gasteiger partial charge in [-0.25, -0.2) is 8.42 Å². The zero-order chi connectivity index (χ0) is 17.6. The highest BCUT2D eigenvalue weighted by molar-refractivity contribution is 7.89. The van der Waals surface area contributed by atoms with Crippen LogP contribution in [0.3, 0.4) is 0 Å². The first kappa shape index (κ1) is 18.7. The van der Waals surface area contributed by atoms with Crippen LogP contribution >= 0.6 is 0 Å². The van der Waals surface area contributed by atoms with E-state index in [0.717, 1.165) is 19.6 Å². The van der Waals surface area contributed by atoms with Crippen LogP contribution in [0.25, 0.3) is 0 Å². The van der Waals surface area contributed by atoms with E-state index in [-0.39, 0.29) is 18.2 Å². The van der Waals surface area contributed by atoms with E-state index >= 15 is 0 Å². The summed E-state index contributed by atoms with van der Waals surface area (Å²) in [6, 6.07) is 6.68. The number of sulfonamides is 1. The van der Waals surface area contributed by atoms with E-state index in [1.54, 1.807) is 31.4 Å². The minimum absolute atomic E-state index is 0.0823. The zero-order valence-corrected chi connectivity index (χ0v) is 15.0. The Balaban J connectivity index is 1.80. The number of rotatable bonds is 7. The van der Waals surface area contributed by atoms with E-state index in [0.29, 0.717) is 24.4 Å². The number of benzene rings is 1. The topological polar surface area (TPSA) is 79.0 Å². The van der Waals surface area contributed by atoms with Crippen LogP contribution in [0.2, 0.25) is 0 Å². The molecule has 134 valence electrons. The van der Waals surface area contributed by atoms with Gasteiger partial charge in [0.25, 0.3) is 5.91 Å². The molecule has 0 aromatic heterocycles. The van der Waals surface area contributed by atoms with Crippen molar-refractivity contribution >= 4 is 15.9 Å². The standard InChI is InChI=1S/C16H25N3O4S/c1-3-18-9-11-19(12-10-18)24(21,22)13-8-17-16(20)14-4-6-15(23-2)7-5-14/h4-7H,3,8-13H2,1-2H3,(H,17,20). The van der Waals surface area contributed by atoms with Gasteiger partial charge in [0, 0.05) is 38.3 Å². The fourth-order valence-electron chi connectivity index (χ4n) is 2.59. The second kappa shape index (κ2) is 8.46. The molecule has 2 rings (SSSR count). The van der Waals surface area contributed by atoms with Crippen LogP contribution in [0.1, 0.15) is 17.3 Å². The molecule has 24 heavy (non-hydrogen) atoms. The number of piperazine rings is 1. The fraction of sp³-hybridized carbons (Fsp3) is 0.562. The van der Waals surface area contributed by atoms with Crippen LogP contribution < -0.4 is 10.1 Å². The molecule has 0 unspecified atom stereocenters. The summed E-state index contributed by atoms with van der Waals surface area (Å²) >= 11 is 0. The van der Waals surface area contributed by atoms with Gasteiger partial charge in [0.1, 0.15) is 5.75 Å². The predicted octanol–water partition coefficient (Wildman–Crippen LogP) is 0.392. The van der Waals surface area contributed by atoms with Gasteiger partial charge in [-0.3, -0.25) is 4.79 Å². The molecule has 1 N–H and O–H groups in total. The molecule has 1 aliphatic rings. The summed E-state index contributed by atoms with van der Waals surface area (Å²) in [5.41, 5.74) is 0.477. The third-order valence-electron chi connectivity index (χ3n) is 4.17. The molecular weight excluding hydrogens is 330 g/mol. The molecule has 1 aliphatic heterocycles. The number of ether oxygens (including phenoxy) is 1. The highest BCUT2D eigenvalue weighted by atomic mass is 32.2. The van der Waals surface area contributed by atoms with Crippen LogP contribution in [0, 0.1) is 0 Å². The van der Waals surface area contributed by atoms with Crippen molar-refractivity contribution in [2.75, 3.05) is 52.1 Å². The van der Waals surface area contributed by atoms with Crippen molar-refractivity contribution in [3.63, 3.8) is 0 Å². The summed E-state index contributed by atoms with van der Waals surface area (Å²) in [5, 5.41) is 2.66. The minimum atomic E-state index is -3.33. The molecule has 1 amide bonds. The molecule has 1 fully saturated rings. The molecule has 0 atom stereocenters. The smallest absolute Gasteiger partial charge is 0.251 e. The van der Waals surface area contributed by atoms with Crippen LogP contribution in [-0.2, 0) is 10.0 Å². The van der Waals surface area contributed by atoms with E-state index in [1.807, 2.05) is 0 Å². The Bertz CT molecular complexity index is 638. The van der Waals surface area contributed by atoms with Crippen molar-refractivity contribution < 1.29 is 17.9 Å². The quantitative estimate of drug-likeness (QED) is 0.766. The van der Waals surface area contributed by atoms with Gasteiger partial charge in [0.05, 0.1) is 12.9 Å². The predicted molar refractivity (Wildman–Crippen MR) is 92.8 cm³/mol. The first-order valence-corrected chi connectivity index (χ1v) is 9.69. The lowest BCUT2D eigenvalue weighted by Crippen LogP contribution is -2.49. The Morgan fingerprint density at radius 2 is 1.79 bits per heavy atom. The first-order valence-electron chi connectivity index (χ1n) is 8.08. The van der Waals surface area contributed by atoms with Gasteiger partial charge in [-0.15, -0.1) is 0 Å². The van der Waals surface area contributed by atoms with Crippen molar-refractivity contribution in [3.05, 3.63) is 29.8 Å². The number of methoxy groups -OCH3 is 1. The molecule has 0 saturated carbocycles. The maximum atomic E-state index is 12.3. The molecule has 1 aromatic rings. The van der Waals surface area contributed by atoms with Gasteiger partial charge in [-0.2, -0.15) is 4.31 Å². The number of carbonyl (C=O) groups excluding carboxylic acids is 1. The van der Waals surface area contributed by atoms with E-state index in [4.69, 9.17) is 4.74 Å². The minimum Gasteiger partial charge on any atom is -0.497 e. The van der Waals surface area contributed by atoms with Crippen molar-refractivity contribution in [2.45, 2.75) is 6.92 Å². The van der Waals surface area contributed by atoms with Gasteiger partial charge in [0.15, 0.2) is 0 Å². The van der Waals surface area contributed by atoms with Crippen molar-refractivity contribution in [3.8, 4) is 5.75 Å². The largest absolute Gasteiger partial charge is 0.497 e. The molecular formula is C16H25N3O4S. The van der Waals surface area contributed by atoms with Crippen LogP contribution in [0.5, 0.6) is 5.75 Å². The third-order valence-corrected chi connectivity index (χ3v) is 6.04. The number of amides is 1. The van der Waals surface area contributed by atoms with Gasteiger partial charge < -0.3 is 15.0 Å². The maximum absolute atomic E-state index is 12.3. The fourth-order valence-corrected chi connectivity index (χ4v) is 3.93. The summed E-state index contributed by atoms with van der Waals surface area (Å²) in [7, 11) is -1.78. The number of likely N-dealkylation sites (N-methyl/N-ethyl adjacent to an activating group) is 1. The molecule has 7 nitrogen and oxygen atoms in total. The Labute approximate surface area is 143 Å². The molecule has 8 heteroatoms. The van der Waals surface area contributed by atoms with Gasteiger partial charge in [-0.05, 0) is 30.8 Å². The second-order valence-electron chi connectivity index (χ2n) is 5.63. The number of carbonyl (C=O) groups is 1. The Morgan fingerprint density at radius 3 is 2.33 bits per heavy atom. The SMILES string of the molecule is CCN1CCN(S(=O)(=O)CCNC(=O)c2ccc(OC)cc2)CC1. The van der Waals surface area contributed by atoms with E-state index < -0.39 is 10.0 Å². The van der Waals surface area contributed by atoms with Gasteiger partial charge in [-0.1, -0.05) is 6.92 Å². The molecule has 1 aromatic carbocycles. The Morgan fingerprint density at radius 1 is 1.17 bits per heavy atom. The normalized spacial score (nSPS) is 16.8. The number of nitrogens with one attached hydrogen (secondary N) is 1. The number of nitrogens with zero attached hydrogens (tertiary/aromatic N) is 2. The molecule has 1 heterocycles. The van der Waals surface area contributed by atoms with Crippen molar-refractivity contribution in [1.29, 1.82) is 0 Å². The molecule has 0 spiro atoms. The van der Waals surface area contributed by atoms with Gasteiger partial charge >= 0.3 is 0 Å². The molecule has 0 radical (unpaired) electrons. The lowest BCUT2D eigenvalue weighted by molar-refractivity contribution is 0.0956. The average molecular weight is 355 g/mol. The van der Waals surface area contributed by atoms with Gasteiger partial charge in [0.2, 0.25) is 10.0 Å². The lowest BCUT2D eigenvalue weighted by atomic mass is 10.2. The average Bonchev–Trinajstić information content (AvgIpc) is 2.61. The number of hydrogen-bond donors (Lipinski definition) is 1. The summed E-state index contributed by atoms with van der Waals surface area (Å²) in [6.45, 7) is 5.65. The monoisotopic (exact) mass is 355 g/mol. The molecule has 0 aliphatic carbocycles. The second-order valence-corrected chi connectivity index (χ2v) is 7.72. The maximum Gasteiger partial charge on any atom is 0.251 e. The van der Waals surface area contributed by atoms with E-state index in [2.05, 4.69) is 17.1 Å². The first-order chi connectivity index (χ1) is 11.5. The van der Waals surface area contributed by atoms with Crippen LogP contribution in [0.4, 0.5) is 0 Å². The third kappa shape index (κ3) is 4.93. The van der Waals surface area contributed by atoms with Crippen molar-refractivity contribution in [1.82, 2.24) is 14.5 Å². The summed E-state index contributed by atoms with van der Waals surface area (Å²) < 4.78 is 31.2. The number of hydrogen-bond acceptors (Lipinski definition) is 5. The van der Waals surface area contributed by atoms with E-state index in [9.17, 15) is 13.2 Å². The van der Waals surface area contributed by atoms with E-state index in [1.165, 1.54) is 4.31 Å². The molecule has 1 saturated heterocycles.